The number of rotatable bonds is 3. The first kappa shape index (κ1) is 14.3. The van der Waals surface area contributed by atoms with Crippen LogP contribution in [0.4, 0.5) is 4.79 Å². The van der Waals surface area contributed by atoms with Gasteiger partial charge in [0.25, 0.3) is 0 Å². The highest BCUT2D eigenvalue weighted by molar-refractivity contribution is 9.10. The van der Waals surface area contributed by atoms with Gasteiger partial charge in [0.05, 0.1) is 7.11 Å². The van der Waals surface area contributed by atoms with Gasteiger partial charge in [-0.15, -0.1) is 0 Å². The molecule has 102 valence electrons. The van der Waals surface area contributed by atoms with Crippen molar-refractivity contribution in [3.63, 3.8) is 0 Å². The highest BCUT2D eigenvalue weighted by Crippen LogP contribution is 2.16. The van der Waals surface area contributed by atoms with Gasteiger partial charge in [0.2, 0.25) is 0 Å². The lowest BCUT2D eigenvalue weighted by atomic mass is 10.1. The van der Waals surface area contributed by atoms with Gasteiger partial charge in [-0.1, -0.05) is 52.3 Å². The van der Waals surface area contributed by atoms with Gasteiger partial charge in [-0.2, -0.15) is 0 Å². The molecular formula is C16H13BrO3. The van der Waals surface area contributed by atoms with Crippen LogP contribution in [0.3, 0.4) is 0 Å². The van der Waals surface area contributed by atoms with Crippen molar-refractivity contribution in [2.45, 2.75) is 0 Å². The van der Waals surface area contributed by atoms with E-state index in [4.69, 9.17) is 4.74 Å². The van der Waals surface area contributed by atoms with E-state index in [9.17, 15) is 4.79 Å². The minimum absolute atomic E-state index is 0.456. The number of halogens is 1. The molecule has 0 aromatic heterocycles. The molecule has 0 saturated heterocycles. The van der Waals surface area contributed by atoms with Crippen molar-refractivity contribution < 1.29 is 14.3 Å². The molecule has 0 saturated carbocycles. The molecule has 4 heteroatoms. The van der Waals surface area contributed by atoms with E-state index in [0.717, 1.165) is 15.6 Å². The number of hydrogen-bond acceptors (Lipinski definition) is 3. The van der Waals surface area contributed by atoms with E-state index < -0.39 is 6.16 Å². The van der Waals surface area contributed by atoms with Crippen LogP contribution in [0.15, 0.2) is 53.0 Å². The first-order valence-electron chi connectivity index (χ1n) is 5.97. The summed E-state index contributed by atoms with van der Waals surface area (Å²) in [7, 11) is 1.28. The molecule has 20 heavy (non-hydrogen) atoms. The average Bonchev–Trinajstić information content (AvgIpc) is 2.48. The summed E-state index contributed by atoms with van der Waals surface area (Å²) in [5.74, 6) is 0.456. The Morgan fingerprint density at radius 2 is 1.45 bits per heavy atom. The van der Waals surface area contributed by atoms with Gasteiger partial charge in [-0.25, -0.2) is 4.79 Å². The van der Waals surface area contributed by atoms with Gasteiger partial charge in [-0.3, -0.25) is 0 Å². The van der Waals surface area contributed by atoms with E-state index in [1.54, 1.807) is 12.1 Å². The van der Waals surface area contributed by atoms with Crippen LogP contribution in [-0.4, -0.2) is 13.3 Å². The number of benzene rings is 2. The number of carbonyl (C=O) groups excluding carboxylic acids is 1. The summed E-state index contributed by atoms with van der Waals surface area (Å²) in [6.45, 7) is 0. The normalized spacial score (nSPS) is 10.5. The lowest BCUT2D eigenvalue weighted by molar-refractivity contribution is 0.121. The predicted octanol–water partition coefficient (Wildman–Crippen LogP) is 4.76. The Balaban J connectivity index is 2.03. The fraction of sp³-hybridized carbons (Fsp3) is 0.0625. The van der Waals surface area contributed by atoms with Gasteiger partial charge in [0.1, 0.15) is 5.75 Å². The Labute approximate surface area is 126 Å². The standard InChI is InChI=1S/C16H13BrO3/c1-19-16(18)20-15-10-6-13(7-11-15)3-2-12-4-8-14(17)9-5-12/h2-11H,1H3. The molecular weight excluding hydrogens is 320 g/mol. The molecule has 0 aliphatic rings. The van der Waals surface area contributed by atoms with Crippen LogP contribution >= 0.6 is 15.9 Å². The molecule has 0 spiro atoms. The molecule has 3 nitrogen and oxygen atoms in total. The lowest BCUT2D eigenvalue weighted by Crippen LogP contribution is -2.06. The van der Waals surface area contributed by atoms with Crippen molar-refractivity contribution in [3.05, 3.63) is 64.1 Å². The molecule has 0 radical (unpaired) electrons. The van der Waals surface area contributed by atoms with E-state index in [1.807, 2.05) is 48.6 Å². The molecule has 0 amide bonds. The van der Waals surface area contributed by atoms with E-state index in [1.165, 1.54) is 7.11 Å². The van der Waals surface area contributed by atoms with Gasteiger partial charge in [-0.05, 0) is 35.4 Å². The maximum Gasteiger partial charge on any atom is 0.513 e. The Morgan fingerprint density at radius 1 is 0.950 bits per heavy atom. The molecule has 2 aromatic rings. The molecule has 2 aromatic carbocycles. The van der Waals surface area contributed by atoms with Crippen molar-refractivity contribution >= 4 is 34.2 Å². The highest BCUT2D eigenvalue weighted by atomic mass is 79.9. The molecule has 0 unspecified atom stereocenters. The Bertz CT molecular complexity index is 601. The van der Waals surface area contributed by atoms with Crippen LogP contribution < -0.4 is 4.74 Å². The highest BCUT2D eigenvalue weighted by Gasteiger charge is 2.02. The fourth-order valence-electron chi connectivity index (χ4n) is 1.55. The second-order valence-electron chi connectivity index (χ2n) is 4.01. The summed E-state index contributed by atoms with van der Waals surface area (Å²) >= 11 is 3.40. The van der Waals surface area contributed by atoms with Gasteiger partial charge in [0, 0.05) is 4.47 Å². The van der Waals surface area contributed by atoms with Gasteiger partial charge in [0.15, 0.2) is 0 Å². The summed E-state index contributed by atoms with van der Waals surface area (Å²) in [5, 5.41) is 0. The molecule has 0 heterocycles. The van der Waals surface area contributed by atoms with Crippen molar-refractivity contribution in [3.8, 4) is 5.75 Å². The number of carbonyl (C=O) groups is 1. The van der Waals surface area contributed by atoms with E-state index in [2.05, 4.69) is 20.7 Å². The summed E-state index contributed by atoms with van der Waals surface area (Å²) in [6.07, 6.45) is 3.29. The first-order chi connectivity index (χ1) is 9.67. The molecule has 2 rings (SSSR count). The molecule has 0 atom stereocenters. The zero-order valence-electron chi connectivity index (χ0n) is 10.9. The van der Waals surface area contributed by atoms with Gasteiger partial charge < -0.3 is 9.47 Å². The van der Waals surface area contributed by atoms with Crippen LogP contribution in [-0.2, 0) is 4.74 Å². The monoisotopic (exact) mass is 332 g/mol. The zero-order valence-corrected chi connectivity index (χ0v) is 12.5. The smallest absolute Gasteiger partial charge is 0.437 e. The molecule has 0 bridgehead atoms. The lowest BCUT2D eigenvalue weighted by Gasteiger charge is -2.02. The average molecular weight is 333 g/mol. The van der Waals surface area contributed by atoms with Crippen molar-refractivity contribution in [2.24, 2.45) is 0 Å². The van der Waals surface area contributed by atoms with Crippen molar-refractivity contribution in [2.75, 3.05) is 7.11 Å². The molecule has 0 N–H and O–H groups in total. The second-order valence-corrected chi connectivity index (χ2v) is 4.93. The fourth-order valence-corrected chi connectivity index (χ4v) is 1.82. The number of ether oxygens (including phenoxy) is 2. The zero-order chi connectivity index (χ0) is 14.4. The minimum atomic E-state index is -0.719. The van der Waals surface area contributed by atoms with E-state index in [-0.39, 0.29) is 0 Å². The maximum absolute atomic E-state index is 10.9. The van der Waals surface area contributed by atoms with Crippen LogP contribution in [0, 0.1) is 0 Å². The predicted molar refractivity (Wildman–Crippen MR) is 82.5 cm³/mol. The molecule has 0 aliphatic heterocycles. The SMILES string of the molecule is COC(=O)Oc1ccc(C=Cc2ccc(Br)cc2)cc1. The maximum atomic E-state index is 10.9. The largest absolute Gasteiger partial charge is 0.513 e. The Hall–Kier alpha value is -2.07. The van der Waals surface area contributed by atoms with Crippen LogP contribution in [0.2, 0.25) is 0 Å². The second kappa shape index (κ2) is 6.91. The third-order valence-corrected chi connectivity index (χ3v) is 3.11. The van der Waals surface area contributed by atoms with Crippen LogP contribution in [0.5, 0.6) is 5.75 Å². The molecule has 0 fully saturated rings. The van der Waals surface area contributed by atoms with Crippen molar-refractivity contribution in [1.82, 2.24) is 0 Å². The van der Waals surface area contributed by atoms with Crippen molar-refractivity contribution in [1.29, 1.82) is 0 Å². The molecule has 0 aliphatic carbocycles. The number of methoxy groups -OCH3 is 1. The Kier molecular flexibility index (Phi) is 4.96. The summed E-state index contributed by atoms with van der Waals surface area (Å²) in [4.78, 5) is 10.9. The minimum Gasteiger partial charge on any atom is -0.437 e. The first-order valence-corrected chi connectivity index (χ1v) is 6.76. The quantitative estimate of drug-likeness (QED) is 0.461. The third kappa shape index (κ3) is 4.24. The van der Waals surface area contributed by atoms with E-state index >= 15 is 0 Å². The summed E-state index contributed by atoms with van der Waals surface area (Å²) < 4.78 is 10.4. The third-order valence-electron chi connectivity index (χ3n) is 2.59. The van der Waals surface area contributed by atoms with Crippen LogP contribution in [0.1, 0.15) is 11.1 Å². The summed E-state index contributed by atoms with van der Waals surface area (Å²) in [5.41, 5.74) is 2.13. The van der Waals surface area contributed by atoms with E-state index in [0.29, 0.717) is 5.75 Å². The summed E-state index contributed by atoms with van der Waals surface area (Å²) in [6, 6.07) is 15.2. The number of hydrogen-bond donors (Lipinski definition) is 0. The van der Waals surface area contributed by atoms with Gasteiger partial charge >= 0.3 is 6.16 Å². The van der Waals surface area contributed by atoms with Crippen LogP contribution in [0.25, 0.3) is 12.2 Å². The topological polar surface area (TPSA) is 35.5 Å². The Morgan fingerprint density at radius 3 is 1.95 bits per heavy atom.